The molecule has 16 heavy (non-hydrogen) atoms. The summed E-state index contributed by atoms with van der Waals surface area (Å²) in [6.07, 6.45) is 1.66. The summed E-state index contributed by atoms with van der Waals surface area (Å²) in [6, 6.07) is 3.98. The fourth-order valence-electron chi connectivity index (χ4n) is 2.00. The zero-order valence-electron chi connectivity index (χ0n) is 9.40. The number of carbonyl (C=O) groups is 1. The smallest absolute Gasteiger partial charge is 0.234 e. The highest BCUT2D eigenvalue weighted by Crippen LogP contribution is 2.08. The molecule has 1 aromatic rings. The number of nitrogens with zero attached hydrogens (tertiary/aromatic N) is 1. The van der Waals surface area contributed by atoms with Crippen LogP contribution in [0, 0.1) is 0 Å². The van der Waals surface area contributed by atoms with Gasteiger partial charge in [-0.3, -0.25) is 9.69 Å². The predicted molar refractivity (Wildman–Crippen MR) is 59.8 cm³/mol. The fraction of sp³-hybridized carbons (Fsp3) is 0.545. The van der Waals surface area contributed by atoms with E-state index in [2.05, 4.69) is 15.5 Å². The molecule has 2 N–H and O–H groups in total. The van der Waals surface area contributed by atoms with Crippen LogP contribution in [0.4, 0.5) is 0 Å². The summed E-state index contributed by atoms with van der Waals surface area (Å²) in [5.74, 6) is 0.982. The van der Waals surface area contributed by atoms with Gasteiger partial charge in [0.2, 0.25) is 5.91 Å². The van der Waals surface area contributed by atoms with Gasteiger partial charge in [-0.1, -0.05) is 0 Å². The Labute approximate surface area is 94.8 Å². The molecule has 1 saturated heterocycles. The second-order valence-corrected chi connectivity index (χ2v) is 4.07. The van der Waals surface area contributed by atoms with E-state index in [1.165, 1.54) is 0 Å². The summed E-state index contributed by atoms with van der Waals surface area (Å²) < 4.78 is 5.28. The monoisotopic (exact) mass is 223 g/mol. The highest BCUT2D eigenvalue weighted by Gasteiger charge is 2.24. The first kappa shape index (κ1) is 11.2. The van der Waals surface area contributed by atoms with Gasteiger partial charge in [-0.05, 0) is 19.2 Å². The third-order valence-electron chi connectivity index (χ3n) is 2.62. The van der Waals surface area contributed by atoms with Gasteiger partial charge in [-0.25, -0.2) is 0 Å². The lowest BCUT2D eigenvalue weighted by atomic mass is 10.2. The minimum absolute atomic E-state index is 0.0815. The van der Waals surface area contributed by atoms with E-state index < -0.39 is 0 Å². The van der Waals surface area contributed by atoms with E-state index >= 15 is 0 Å². The van der Waals surface area contributed by atoms with Crippen molar-refractivity contribution in [2.24, 2.45) is 0 Å². The largest absolute Gasteiger partial charge is 0.468 e. The lowest BCUT2D eigenvalue weighted by molar-refractivity contribution is -0.125. The first-order chi connectivity index (χ1) is 7.78. The summed E-state index contributed by atoms with van der Waals surface area (Å²) in [4.78, 5) is 13.6. The van der Waals surface area contributed by atoms with Crippen molar-refractivity contribution in [3.63, 3.8) is 0 Å². The van der Waals surface area contributed by atoms with Crippen LogP contribution in [-0.2, 0) is 11.3 Å². The Kier molecular flexibility index (Phi) is 3.58. The molecule has 1 fully saturated rings. The van der Waals surface area contributed by atoms with E-state index in [4.69, 9.17) is 4.42 Å². The highest BCUT2D eigenvalue weighted by atomic mass is 16.3. The summed E-state index contributed by atoms with van der Waals surface area (Å²) in [5, 5.41) is 6.03. The van der Waals surface area contributed by atoms with Crippen LogP contribution in [-0.4, -0.2) is 43.5 Å². The van der Waals surface area contributed by atoms with Crippen LogP contribution >= 0.6 is 0 Å². The molecule has 88 valence electrons. The van der Waals surface area contributed by atoms with Crippen molar-refractivity contribution in [3.8, 4) is 0 Å². The number of hydrogen-bond donors (Lipinski definition) is 2. The van der Waals surface area contributed by atoms with Crippen LogP contribution in [0.15, 0.2) is 22.8 Å². The van der Waals surface area contributed by atoms with Crippen molar-refractivity contribution in [2.45, 2.75) is 12.6 Å². The summed E-state index contributed by atoms with van der Waals surface area (Å²) >= 11 is 0. The minimum Gasteiger partial charge on any atom is -0.468 e. The maximum Gasteiger partial charge on any atom is 0.234 e. The molecule has 1 aromatic heterocycles. The molecule has 2 heterocycles. The van der Waals surface area contributed by atoms with Gasteiger partial charge >= 0.3 is 0 Å². The van der Waals surface area contributed by atoms with Crippen LogP contribution in [0.5, 0.6) is 0 Å². The van der Waals surface area contributed by atoms with E-state index in [1.807, 2.05) is 19.2 Å². The van der Waals surface area contributed by atoms with Gasteiger partial charge in [-0.15, -0.1) is 0 Å². The molecule has 1 aliphatic rings. The van der Waals surface area contributed by atoms with Gasteiger partial charge < -0.3 is 15.1 Å². The molecule has 1 atom stereocenters. The molecule has 2 rings (SSSR count). The Morgan fingerprint density at radius 1 is 1.69 bits per heavy atom. The molecule has 0 saturated carbocycles. The van der Waals surface area contributed by atoms with E-state index in [0.717, 1.165) is 18.8 Å². The zero-order chi connectivity index (χ0) is 11.4. The molecule has 0 spiro atoms. The predicted octanol–water partition coefficient (Wildman–Crippen LogP) is -0.201. The molecule has 0 aliphatic carbocycles. The molecular formula is C11H17N3O2. The summed E-state index contributed by atoms with van der Waals surface area (Å²) in [7, 11) is 1.89. The van der Waals surface area contributed by atoms with Crippen LogP contribution in [0.1, 0.15) is 5.76 Å². The molecule has 0 bridgehead atoms. The highest BCUT2D eigenvalue weighted by molar-refractivity contribution is 5.79. The molecule has 0 aromatic carbocycles. The lowest BCUT2D eigenvalue weighted by Crippen LogP contribution is -2.56. The second kappa shape index (κ2) is 5.14. The Balaban J connectivity index is 1.91. The first-order valence-corrected chi connectivity index (χ1v) is 5.46. The minimum atomic E-state index is 0.0815. The maximum atomic E-state index is 11.5. The first-order valence-electron chi connectivity index (χ1n) is 5.46. The van der Waals surface area contributed by atoms with Crippen molar-refractivity contribution in [3.05, 3.63) is 24.2 Å². The zero-order valence-corrected chi connectivity index (χ0v) is 9.40. The molecular weight excluding hydrogens is 206 g/mol. The number of piperazine rings is 1. The Morgan fingerprint density at radius 3 is 3.25 bits per heavy atom. The van der Waals surface area contributed by atoms with Crippen molar-refractivity contribution in [2.75, 3.05) is 26.7 Å². The van der Waals surface area contributed by atoms with Gasteiger partial charge in [0, 0.05) is 13.1 Å². The quantitative estimate of drug-likeness (QED) is 0.742. The molecule has 5 nitrogen and oxygen atoms in total. The van der Waals surface area contributed by atoms with E-state index in [0.29, 0.717) is 13.1 Å². The number of nitrogens with one attached hydrogen (secondary N) is 2. The number of likely N-dealkylation sites (N-methyl/N-ethyl adjacent to an activating group) is 1. The standard InChI is InChI=1S/C11H17N3O2/c1-12-5-9-6-14(8-11(15)13-9)7-10-3-2-4-16-10/h2-4,9,12H,5-8H2,1H3,(H,13,15). The number of carbonyl (C=O) groups excluding carboxylic acids is 1. The van der Waals surface area contributed by atoms with Crippen molar-refractivity contribution in [1.29, 1.82) is 0 Å². The van der Waals surface area contributed by atoms with Crippen molar-refractivity contribution in [1.82, 2.24) is 15.5 Å². The average molecular weight is 223 g/mol. The van der Waals surface area contributed by atoms with Crippen LogP contribution in [0.3, 0.4) is 0 Å². The Morgan fingerprint density at radius 2 is 2.56 bits per heavy atom. The van der Waals surface area contributed by atoms with Crippen molar-refractivity contribution < 1.29 is 9.21 Å². The summed E-state index contributed by atoms with van der Waals surface area (Å²) in [5.41, 5.74) is 0. The van der Waals surface area contributed by atoms with Gasteiger partial charge in [0.1, 0.15) is 5.76 Å². The SMILES string of the molecule is CNCC1CN(Cc2ccco2)CC(=O)N1. The lowest BCUT2D eigenvalue weighted by Gasteiger charge is -2.32. The Hall–Kier alpha value is -1.33. The Bertz CT molecular complexity index is 337. The van der Waals surface area contributed by atoms with Crippen LogP contribution in [0.2, 0.25) is 0 Å². The average Bonchev–Trinajstić information content (AvgIpc) is 2.70. The van der Waals surface area contributed by atoms with Gasteiger partial charge in [-0.2, -0.15) is 0 Å². The number of furan rings is 1. The summed E-state index contributed by atoms with van der Waals surface area (Å²) in [6.45, 7) is 2.79. The number of hydrogen-bond acceptors (Lipinski definition) is 4. The number of rotatable bonds is 4. The molecule has 1 unspecified atom stereocenters. The maximum absolute atomic E-state index is 11.5. The third kappa shape index (κ3) is 2.84. The van der Waals surface area contributed by atoms with E-state index in [-0.39, 0.29) is 11.9 Å². The molecule has 0 radical (unpaired) electrons. The third-order valence-corrected chi connectivity index (χ3v) is 2.62. The molecule has 1 aliphatic heterocycles. The van der Waals surface area contributed by atoms with Crippen LogP contribution < -0.4 is 10.6 Å². The normalized spacial score (nSPS) is 22.1. The fourth-order valence-corrected chi connectivity index (χ4v) is 2.00. The van der Waals surface area contributed by atoms with Gasteiger partial charge in [0.25, 0.3) is 0 Å². The second-order valence-electron chi connectivity index (χ2n) is 4.07. The van der Waals surface area contributed by atoms with E-state index in [1.54, 1.807) is 6.26 Å². The van der Waals surface area contributed by atoms with Crippen molar-refractivity contribution >= 4 is 5.91 Å². The van der Waals surface area contributed by atoms with Gasteiger partial charge in [0.15, 0.2) is 0 Å². The molecule has 1 amide bonds. The van der Waals surface area contributed by atoms with Gasteiger partial charge in [0.05, 0.1) is 25.4 Å². The van der Waals surface area contributed by atoms with Crippen LogP contribution in [0.25, 0.3) is 0 Å². The number of amides is 1. The van der Waals surface area contributed by atoms with E-state index in [9.17, 15) is 4.79 Å². The topological polar surface area (TPSA) is 57.5 Å². The molecule has 5 heteroatoms.